The quantitative estimate of drug-likeness (QED) is 0.482. The molecular formula is C23H31FN2O6. The van der Waals surface area contributed by atoms with Crippen LogP contribution in [0.4, 0.5) is 9.18 Å². The minimum absolute atomic E-state index is 0.0216. The molecule has 1 fully saturated rings. The maximum Gasteiger partial charge on any atom is 0.407 e. The van der Waals surface area contributed by atoms with Crippen molar-refractivity contribution in [3.05, 3.63) is 35.7 Å². The van der Waals surface area contributed by atoms with E-state index in [4.69, 9.17) is 14.9 Å². The number of carboxylic acid groups (broad SMARTS) is 1. The molecule has 1 aliphatic heterocycles. The van der Waals surface area contributed by atoms with E-state index in [1.807, 2.05) is 12.1 Å². The number of amides is 2. The molecule has 9 heteroatoms. The Morgan fingerprint density at radius 2 is 2.00 bits per heavy atom. The molecule has 0 aromatic heterocycles. The molecule has 0 radical (unpaired) electrons. The third-order valence-electron chi connectivity index (χ3n) is 6.17. The number of allylic oxidation sites excluding steroid dienone is 2. The van der Waals surface area contributed by atoms with Crippen LogP contribution in [0.25, 0.3) is 5.57 Å². The van der Waals surface area contributed by atoms with Crippen LogP contribution in [0.2, 0.25) is 0 Å². The number of carbonyl (C=O) groups excluding carboxylic acids is 1. The van der Waals surface area contributed by atoms with Gasteiger partial charge in [-0.15, -0.1) is 0 Å². The Morgan fingerprint density at radius 1 is 1.25 bits per heavy atom. The Kier molecular flexibility index (Phi) is 8.46. The number of hydrogen-bond donors (Lipinski definition) is 4. The number of likely N-dealkylation sites (tertiary alicyclic amines) is 1. The average Bonchev–Trinajstić information content (AvgIpc) is 2.81. The lowest BCUT2D eigenvalue weighted by atomic mass is 9.86. The number of aliphatic hydroxyl groups is 2. The van der Waals surface area contributed by atoms with E-state index in [2.05, 4.69) is 5.32 Å². The molecule has 32 heavy (non-hydrogen) atoms. The van der Waals surface area contributed by atoms with Gasteiger partial charge in [0.05, 0.1) is 19.3 Å². The molecule has 1 aromatic rings. The molecule has 2 unspecified atom stereocenters. The normalized spacial score (nSPS) is 20.4. The summed E-state index contributed by atoms with van der Waals surface area (Å²) in [6.45, 7) is 0.923. The van der Waals surface area contributed by atoms with Crippen molar-refractivity contribution < 1.29 is 34.0 Å². The highest BCUT2D eigenvalue weighted by Gasteiger charge is 2.24. The van der Waals surface area contributed by atoms with E-state index in [1.54, 1.807) is 6.07 Å². The molecule has 0 bridgehead atoms. The molecule has 2 atom stereocenters. The Balaban J connectivity index is 1.49. The summed E-state index contributed by atoms with van der Waals surface area (Å²) in [7, 11) is 0. The number of nitrogens with one attached hydrogen (secondary N) is 1. The molecule has 1 heterocycles. The highest BCUT2D eigenvalue weighted by atomic mass is 19.1. The zero-order chi connectivity index (χ0) is 23.1. The highest BCUT2D eigenvalue weighted by Crippen LogP contribution is 2.32. The van der Waals surface area contributed by atoms with Gasteiger partial charge in [0, 0.05) is 25.6 Å². The average molecular weight is 451 g/mol. The number of nitrogens with zero attached hydrogens (tertiary/aromatic N) is 1. The maximum absolute atomic E-state index is 14.6. The topological polar surface area (TPSA) is 119 Å². The van der Waals surface area contributed by atoms with Crippen molar-refractivity contribution in [2.45, 2.75) is 38.2 Å². The van der Waals surface area contributed by atoms with Crippen molar-refractivity contribution in [1.82, 2.24) is 10.2 Å². The van der Waals surface area contributed by atoms with E-state index >= 15 is 0 Å². The molecule has 176 valence electrons. The SMILES string of the molecule is O=C(NCC(O)CO)C1CC=C(c2ccc(OCC3CCN(C(=O)O)CC3)c(F)c2)CC1. The molecule has 2 amide bonds. The van der Waals surface area contributed by atoms with Gasteiger partial charge in [0.1, 0.15) is 0 Å². The molecule has 1 saturated heterocycles. The van der Waals surface area contributed by atoms with Crippen LogP contribution in [0.3, 0.4) is 0 Å². The van der Waals surface area contributed by atoms with Crippen LogP contribution in [0.15, 0.2) is 24.3 Å². The van der Waals surface area contributed by atoms with Gasteiger partial charge in [-0.3, -0.25) is 4.79 Å². The van der Waals surface area contributed by atoms with Crippen LogP contribution in [0.5, 0.6) is 5.75 Å². The van der Waals surface area contributed by atoms with Crippen LogP contribution >= 0.6 is 0 Å². The van der Waals surface area contributed by atoms with E-state index in [1.165, 1.54) is 11.0 Å². The number of carbonyl (C=O) groups is 2. The Labute approximate surface area is 186 Å². The number of rotatable bonds is 8. The van der Waals surface area contributed by atoms with E-state index in [0.717, 1.165) is 11.1 Å². The molecular weight excluding hydrogens is 419 g/mol. The van der Waals surface area contributed by atoms with Crippen LogP contribution < -0.4 is 10.1 Å². The van der Waals surface area contributed by atoms with E-state index < -0.39 is 24.6 Å². The first-order valence-electron chi connectivity index (χ1n) is 11.0. The van der Waals surface area contributed by atoms with Gasteiger partial charge >= 0.3 is 6.09 Å². The zero-order valence-corrected chi connectivity index (χ0v) is 18.0. The van der Waals surface area contributed by atoms with Gasteiger partial charge in [-0.25, -0.2) is 9.18 Å². The number of piperidine rings is 1. The molecule has 4 N–H and O–H groups in total. The first-order chi connectivity index (χ1) is 15.4. The Bertz CT molecular complexity index is 838. The summed E-state index contributed by atoms with van der Waals surface area (Å²) in [5.74, 6) is -0.413. The fourth-order valence-corrected chi connectivity index (χ4v) is 4.08. The van der Waals surface area contributed by atoms with E-state index in [0.29, 0.717) is 51.8 Å². The van der Waals surface area contributed by atoms with Crippen LogP contribution in [-0.4, -0.2) is 71.2 Å². The monoisotopic (exact) mass is 450 g/mol. The van der Waals surface area contributed by atoms with Gasteiger partial charge in [0.25, 0.3) is 0 Å². The predicted octanol–water partition coefficient (Wildman–Crippen LogP) is 2.25. The summed E-state index contributed by atoms with van der Waals surface area (Å²) in [6.07, 6.45) is 3.28. The summed E-state index contributed by atoms with van der Waals surface area (Å²) >= 11 is 0. The summed E-state index contributed by atoms with van der Waals surface area (Å²) in [5, 5.41) is 29.8. The lowest BCUT2D eigenvalue weighted by molar-refractivity contribution is -0.125. The third-order valence-corrected chi connectivity index (χ3v) is 6.17. The number of halogens is 1. The lowest BCUT2D eigenvalue weighted by Crippen LogP contribution is -2.38. The Hall–Kier alpha value is -2.65. The second-order valence-electron chi connectivity index (χ2n) is 8.45. The highest BCUT2D eigenvalue weighted by molar-refractivity contribution is 5.80. The first kappa shape index (κ1) is 24.0. The maximum atomic E-state index is 14.6. The second-order valence-corrected chi connectivity index (χ2v) is 8.45. The number of hydrogen-bond acceptors (Lipinski definition) is 5. The van der Waals surface area contributed by atoms with Crippen molar-refractivity contribution in [2.75, 3.05) is 32.8 Å². The van der Waals surface area contributed by atoms with Crippen molar-refractivity contribution in [3.63, 3.8) is 0 Å². The standard InChI is InChI=1S/C23H31FN2O6/c24-20-11-18(16-1-3-17(4-2-16)22(29)25-12-19(28)13-27)5-6-21(20)32-14-15-7-9-26(10-8-15)23(30)31/h1,5-6,11,15,17,19,27-28H,2-4,7-10,12-14H2,(H,25,29)(H,30,31). The number of aliphatic hydroxyl groups excluding tert-OH is 2. The molecule has 3 rings (SSSR count). The number of ether oxygens (including phenoxy) is 1. The van der Waals surface area contributed by atoms with Gasteiger partial charge < -0.3 is 30.3 Å². The zero-order valence-electron chi connectivity index (χ0n) is 18.0. The van der Waals surface area contributed by atoms with Crippen molar-refractivity contribution in [1.29, 1.82) is 0 Å². The van der Waals surface area contributed by atoms with Crippen molar-refractivity contribution >= 4 is 17.6 Å². The predicted molar refractivity (Wildman–Crippen MR) is 116 cm³/mol. The smallest absolute Gasteiger partial charge is 0.407 e. The van der Waals surface area contributed by atoms with Gasteiger partial charge in [-0.2, -0.15) is 0 Å². The third kappa shape index (κ3) is 6.43. The first-order valence-corrected chi connectivity index (χ1v) is 11.0. The summed E-state index contributed by atoms with van der Waals surface area (Å²) in [6, 6.07) is 4.88. The van der Waals surface area contributed by atoms with Gasteiger partial charge in [0.15, 0.2) is 11.6 Å². The molecule has 1 aliphatic carbocycles. The number of benzene rings is 1. The minimum Gasteiger partial charge on any atom is -0.490 e. The molecule has 1 aromatic carbocycles. The minimum atomic E-state index is -0.963. The fourth-order valence-electron chi connectivity index (χ4n) is 4.08. The largest absolute Gasteiger partial charge is 0.490 e. The molecule has 8 nitrogen and oxygen atoms in total. The van der Waals surface area contributed by atoms with Crippen molar-refractivity contribution in [2.24, 2.45) is 11.8 Å². The van der Waals surface area contributed by atoms with Gasteiger partial charge in [0.2, 0.25) is 5.91 Å². The second kappa shape index (κ2) is 11.3. The summed E-state index contributed by atoms with van der Waals surface area (Å²) < 4.78 is 20.3. The Morgan fingerprint density at radius 3 is 2.59 bits per heavy atom. The van der Waals surface area contributed by atoms with Crippen LogP contribution in [0.1, 0.15) is 37.7 Å². The molecule has 0 saturated carbocycles. The summed E-state index contributed by atoms with van der Waals surface area (Å²) in [4.78, 5) is 24.5. The van der Waals surface area contributed by atoms with E-state index in [9.17, 15) is 19.1 Å². The fraction of sp³-hybridized carbons (Fsp3) is 0.565. The van der Waals surface area contributed by atoms with Crippen LogP contribution in [0, 0.1) is 17.7 Å². The molecule has 2 aliphatic rings. The van der Waals surface area contributed by atoms with Gasteiger partial charge in [-0.05, 0) is 61.3 Å². The van der Waals surface area contributed by atoms with Crippen LogP contribution in [-0.2, 0) is 4.79 Å². The summed E-state index contributed by atoms with van der Waals surface area (Å²) in [5.41, 5.74) is 1.75. The molecule has 0 spiro atoms. The lowest BCUT2D eigenvalue weighted by Gasteiger charge is -2.29. The van der Waals surface area contributed by atoms with Crippen molar-refractivity contribution in [3.8, 4) is 5.75 Å². The van der Waals surface area contributed by atoms with Gasteiger partial charge in [-0.1, -0.05) is 12.1 Å². The van der Waals surface area contributed by atoms with E-state index in [-0.39, 0.29) is 30.0 Å².